The number of carbonyl (C=O) groups is 2. The van der Waals surface area contributed by atoms with Crippen molar-refractivity contribution in [2.24, 2.45) is 5.92 Å². The second-order valence-electron chi connectivity index (χ2n) is 4.31. The summed E-state index contributed by atoms with van der Waals surface area (Å²) in [5.74, 6) is 0.262. The molecule has 0 aromatic carbocycles. The fraction of sp³-hybridized carbons (Fsp3) is 0.833. The van der Waals surface area contributed by atoms with E-state index in [1.165, 1.54) is 0 Å². The van der Waals surface area contributed by atoms with Crippen LogP contribution in [0.1, 0.15) is 39.0 Å². The van der Waals surface area contributed by atoms with Crippen LogP contribution in [0.4, 0.5) is 0 Å². The predicted molar refractivity (Wildman–Crippen MR) is 65.9 cm³/mol. The van der Waals surface area contributed by atoms with E-state index in [1.54, 1.807) is 0 Å². The topological polar surface area (TPSA) is 55.4 Å². The highest BCUT2D eigenvalue weighted by molar-refractivity contribution is 6.18. The quantitative estimate of drug-likeness (QED) is 0.607. The lowest BCUT2D eigenvalue weighted by Gasteiger charge is -2.27. The first-order chi connectivity index (χ1) is 8.17. The summed E-state index contributed by atoms with van der Waals surface area (Å²) in [6.07, 6.45) is 3.64. The molecule has 0 spiro atoms. The summed E-state index contributed by atoms with van der Waals surface area (Å²) in [5, 5.41) is 2.94. The Balaban J connectivity index is 2.26. The normalized spacial score (nSPS) is 24.1. The zero-order chi connectivity index (χ0) is 12.7. The molecule has 1 saturated carbocycles. The van der Waals surface area contributed by atoms with Crippen LogP contribution in [0.15, 0.2) is 0 Å². The van der Waals surface area contributed by atoms with Gasteiger partial charge in [0.1, 0.15) is 0 Å². The van der Waals surface area contributed by atoms with Gasteiger partial charge in [-0.05, 0) is 32.6 Å². The molecule has 5 heteroatoms. The molecule has 0 radical (unpaired) electrons. The van der Waals surface area contributed by atoms with Gasteiger partial charge in [-0.15, -0.1) is 11.6 Å². The van der Waals surface area contributed by atoms with E-state index >= 15 is 0 Å². The summed E-state index contributed by atoms with van der Waals surface area (Å²) in [5.41, 5.74) is 0. The first kappa shape index (κ1) is 14.3. The van der Waals surface area contributed by atoms with Crippen molar-refractivity contribution in [2.75, 3.05) is 12.5 Å². The first-order valence-electron chi connectivity index (χ1n) is 6.19. The monoisotopic (exact) mass is 261 g/mol. The third-order valence-electron chi connectivity index (χ3n) is 3.03. The third-order valence-corrected chi connectivity index (χ3v) is 3.22. The Morgan fingerprint density at radius 2 is 1.94 bits per heavy atom. The molecule has 0 aromatic heterocycles. The largest absolute Gasteiger partial charge is 0.466 e. The van der Waals surface area contributed by atoms with Crippen molar-refractivity contribution in [3.8, 4) is 0 Å². The number of halogens is 1. The summed E-state index contributed by atoms with van der Waals surface area (Å²) in [4.78, 5) is 22.8. The average molecular weight is 262 g/mol. The van der Waals surface area contributed by atoms with Crippen LogP contribution in [0, 0.1) is 5.92 Å². The smallest absolute Gasteiger partial charge is 0.308 e. The summed E-state index contributed by atoms with van der Waals surface area (Å²) >= 11 is 5.49. The number of ether oxygens (including phenoxy) is 1. The van der Waals surface area contributed by atoms with Gasteiger partial charge < -0.3 is 10.1 Å². The second kappa shape index (κ2) is 7.54. The van der Waals surface area contributed by atoms with Crippen LogP contribution in [-0.2, 0) is 14.3 Å². The van der Waals surface area contributed by atoms with Crippen LogP contribution in [-0.4, -0.2) is 30.4 Å². The lowest BCUT2D eigenvalue weighted by atomic mass is 9.86. The van der Waals surface area contributed by atoms with Gasteiger partial charge in [0, 0.05) is 18.3 Å². The maximum absolute atomic E-state index is 11.5. The molecular formula is C12H20ClNO3. The molecule has 0 aliphatic heterocycles. The van der Waals surface area contributed by atoms with E-state index in [1.807, 2.05) is 6.92 Å². The Morgan fingerprint density at radius 3 is 2.47 bits per heavy atom. The van der Waals surface area contributed by atoms with E-state index in [4.69, 9.17) is 16.3 Å². The van der Waals surface area contributed by atoms with E-state index < -0.39 is 0 Å². The minimum atomic E-state index is -0.0990. The standard InChI is InChI=1S/C12H20ClNO3/c1-2-17-12(16)9-3-5-10(6-4-9)14-11(15)7-8-13/h9-10H,2-8H2,1H3,(H,14,15). The second-order valence-corrected chi connectivity index (χ2v) is 4.69. The SMILES string of the molecule is CCOC(=O)C1CCC(NC(=O)CCCl)CC1. The van der Waals surface area contributed by atoms with E-state index in [-0.39, 0.29) is 23.8 Å². The van der Waals surface area contributed by atoms with Crippen molar-refractivity contribution in [3.63, 3.8) is 0 Å². The van der Waals surface area contributed by atoms with Gasteiger partial charge >= 0.3 is 5.97 Å². The average Bonchev–Trinajstić information content (AvgIpc) is 2.30. The molecule has 4 nitrogen and oxygen atoms in total. The molecule has 0 heterocycles. The van der Waals surface area contributed by atoms with Crippen LogP contribution in [0.5, 0.6) is 0 Å². The van der Waals surface area contributed by atoms with Crippen molar-refractivity contribution in [1.82, 2.24) is 5.32 Å². The maximum atomic E-state index is 11.5. The van der Waals surface area contributed by atoms with Crippen LogP contribution >= 0.6 is 11.6 Å². The van der Waals surface area contributed by atoms with Crippen molar-refractivity contribution in [2.45, 2.75) is 45.1 Å². The molecule has 1 amide bonds. The molecule has 0 aromatic rings. The minimum absolute atomic E-state index is 0.000385. The number of amides is 1. The van der Waals surface area contributed by atoms with Crippen molar-refractivity contribution in [3.05, 3.63) is 0 Å². The maximum Gasteiger partial charge on any atom is 0.308 e. The van der Waals surface area contributed by atoms with Crippen LogP contribution in [0.3, 0.4) is 0 Å². The van der Waals surface area contributed by atoms with Crippen molar-refractivity contribution in [1.29, 1.82) is 0 Å². The van der Waals surface area contributed by atoms with Gasteiger partial charge in [-0.2, -0.15) is 0 Å². The van der Waals surface area contributed by atoms with Crippen LogP contribution in [0.2, 0.25) is 0 Å². The van der Waals surface area contributed by atoms with Gasteiger partial charge in [0.05, 0.1) is 12.5 Å². The fourth-order valence-corrected chi connectivity index (χ4v) is 2.29. The Morgan fingerprint density at radius 1 is 1.29 bits per heavy atom. The summed E-state index contributed by atoms with van der Waals surface area (Å²) in [6.45, 7) is 2.25. The minimum Gasteiger partial charge on any atom is -0.466 e. The van der Waals surface area contributed by atoms with Gasteiger partial charge in [0.2, 0.25) is 5.91 Å². The number of hydrogen-bond acceptors (Lipinski definition) is 3. The van der Waals surface area contributed by atoms with E-state index in [9.17, 15) is 9.59 Å². The number of hydrogen-bond donors (Lipinski definition) is 1. The number of rotatable bonds is 5. The first-order valence-corrected chi connectivity index (χ1v) is 6.72. The van der Waals surface area contributed by atoms with Gasteiger partial charge in [0.25, 0.3) is 0 Å². The molecule has 1 aliphatic carbocycles. The Bertz CT molecular complexity index is 262. The summed E-state index contributed by atoms with van der Waals surface area (Å²) in [7, 11) is 0. The highest BCUT2D eigenvalue weighted by atomic mass is 35.5. The molecule has 1 N–H and O–H groups in total. The van der Waals surface area contributed by atoms with E-state index in [0.717, 1.165) is 25.7 Å². The van der Waals surface area contributed by atoms with Gasteiger partial charge in [-0.3, -0.25) is 9.59 Å². The molecule has 0 unspecified atom stereocenters. The third kappa shape index (κ3) is 4.94. The predicted octanol–water partition coefficient (Wildman–Crippen LogP) is 1.85. The molecular weight excluding hydrogens is 242 g/mol. The van der Waals surface area contributed by atoms with Crippen molar-refractivity contribution >= 4 is 23.5 Å². The molecule has 0 bridgehead atoms. The molecule has 1 rings (SSSR count). The number of alkyl halides is 1. The lowest BCUT2D eigenvalue weighted by molar-refractivity contribution is -0.149. The Labute approximate surface area is 107 Å². The molecule has 17 heavy (non-hydrogen) atoms. The van der Waals surface area contributed by atoms with Crippen LogP contribution < -0.4 is 5.32 Å². The number of esters is 1. The molecule has 1 fully saturated rings. The summed E-state index contributed by atoms with van der Waals surface area (Å²) in [6, 6.07) is 0.191. The lowest BCUT2D eigenvalue weighted by Crippen LogP contribution is -2.39. The molecule has 0 saturated heterocycles. The summed E-state index contributed by atoms with van der Waals surface area (Å²) < 4.78 is 4.99. The van der Waals surface area contributed by atoms with Gasteiger partial charge in [-0.25, -0.2) is 0 Å². The zero-order valence-electron chi connectivity index (χ0n) is 10.2. The van der Waals surface area contributed by atoms with E-state index in [2.05, 4.69) is 5.32 Å². The fourth-order valence-electron chi connectivity index (χ4n) is 2.12. The van der Waals surface area contributed by atoms with Gasteiger partial charge in [0.15, 0.2) is 0 Å². The highest BCUT2D eigenvalue weighted by Crippen LogP contribution is 2.25. The number of carbonyl (C=O) groups excluding carboxylic acids is 2. The molecule has 98 valence electrons. The molecule has 0 atom stereocenters. The Hall–Kier alpha value is -0.770. The highest BCUT2D eigenvalue weighted by Gasteiger charge is 2.27. The van der Waals surface area contributed by atoms with E-state index in [0.29, 0.717) is 18.9 Å². The zero-order valence-corrected chi connectivity index (χ0v) is 11.0. The number of nitrogens with one attached hydrogen (secondary N) is 1. The van der Waals surface area contributed by atoms with Crippen LogP contribution in [0.25, 0.3) is 0 Å². The Kier molecular flexibility index (Phi) is 6.34. The van der Waals surface area contributed by atoms with Crippen molar-refractivity contribution < 1.29 is 14.3 Å². The molecule has 1 aliphatic rings. The van der Waals surface area contributed by atoms with Gasteiger partial charge in [-0.1, -0.05) is 0 Å².